The van der Waals surface area contributed by atoms with Gasteiger partial charge in [-0.25, -0.2) is 0 Å². The third kappa shape index (κ3) is 1.37. The van der Waals surface area contributed by atoms with E-state index in [1.807, 2.05) is 19.9 Å². The summed E-state index contributed by atoms with van der Waals surface area (Å²) < 4.78 is 0. The molecule has 0 unspecified atom stereocenters. The van der Waals surface area contributed by atoms with Gasteiger partial charge in [0.25, 0.3) is 0 Å². The summed E-state index contributed by atoms with van der Waals surface area (Å²) in [5.41, 5.74) is -0.225. The van der Waals surface area contributed by atoms with Crippen molar-refractivity contribution in [1.82, 2.24) is 0 Å². The second-order valence-electron chi connectivity index (χ2n) is 3.78. The monoisotopic (exact) mass is 152 g/mol. The molecule has 62 valence electrons. The summed E-state index contributed by atoms with van der Waals surface area (Å²) in [7, 11) is 0. The molecule has 1 rings (SSSR count). The maximum Gasteiger partial charge on any atom is 0.145 e. The summed E-state index contributed by atoms with van der Waals surface area (Å²) in [4.78, 5) is 11.6. The maximum atomic E-state index is 11.6. The van der Waals surface area contributed by atoms with Gasteiger partial charge in [-0.3, -0.25) is 4.79 Å². The summed E-state index contributed by atoms with van der Waals surface area (Å²) in [6.45, 7) is 7.74. The second-order valence-corrected chi connectivity index (χ2v) is 3.78. The van der Waals surface area contributed by atoms with E-state index < -0.39 is 0 Å². The van der Waals surface area contributed by atoms with Gasteiger partial charge in [-0.1, -0.05) is 19.4 Å². The molecule has 0 radical (unpaired) electrons. The number of carbonyl (C=O) groups is 1. The van der Waals surface area contributed by atoms with Gasteiger partial charge in [0, 0.05) is 11.3 Å². The normalized spacial score (nSPS) is 38.7. The molecular formula is C10H16O. The summed E-state index contributed by atoms with van der Waals surface area (Å²) in [6.07, 6.45) is 5.02. The van der Waals surface area contributed by atoms with Crippen molar-refractivity contribution < 1.29 is 4.79 Å². The Bertz CT molecular complexity index is 183. The number of Topliss-reactive ketones (excluding diaryl/α,β-unsaturated/α-hetero) is 1. The van der Waals surface area contributed by atoms with Crippen LogP contribution in [0.5, 0.6) is 0 Å². The van der Waals surface area contributed by atoms with Crippen LogP contribution in [0.2, 0.25) is 0 Å². The van der Waals surface area contributed by atoms with E-state index in [9.17, 15) is 4.79 Å². The van der Waals surface area contributed by atoms with E-state index in [1.165, 1.54) is 0 Å². The first-order valence-corrected chi connectivity index (χ1v) is 4.28. The number of rotatable bonds is 1. The van der Waals surface area contributed by atoms with Gasteiger partial charge in [-0.2, -0.15) is 0 Å². The van der Waals surface area contributed by atoms with Gasteiger partial charge in [0.15, 0.2) is 0 Å². The SMILES string of the molecule is C=C[C@]1(C)CCC[C@@H](C)C1=O. The van der Waals surface area contributed by atoms with Crippen molar-refractivity contribution in [2.75, 3.05) is 0 Å². The summed E-state index contributed by atoms with van der Waals surface area (Å²) in [5.74, 6) is 0.616. The van der Waals surface area contributed by atoms with E-state index in [0.717, 1.165) is 19.3 Å². The van der Waals surface area contributed by atoms with Crippen LogP contribution >= 0.6 is 0 Å². The molecule has 0 aliphatic heterocycles. The smallest absolute Gasteiger partial charge is 0.145 e. The average molecular weight is 152 g/mol. The maximum absolute atomic E-state index is 11.6. The number of hydrogen-bond acceptors (Lipinski definition) is 1. The Kier molecular flexibility index (Phi) is 2.17. The van der Waals surface area contributed by atoms with Crippen molar-refractivity contribution >= 4 is 5.78 Å². The van der Waals surface area contributed by atoms with Crippen molar-refractivity contribution in [1.29, 1.82) is 0 Å². The fraction of sp³-hybridized carbons (Fsp3) is 0.700. The molecule has 1 saturated carbocycles. The van der Waals surface area contributed by atoms with Crippen LogP contribution < -0.4 is 0 Å². The van der Waals surface area contributed by atoms with Crippen LogP contribution in [0.1, 0.15) is 33.1 Å². The Hall–Kier alpha value is -0.590. The van der Waals surface area contributed by atoms with E-state index in [0.29, 0.717) is 5.78 Å². The van der Waals surface area contributed by atoms with Gasteiger partial charge in [-0.05, 0) is 19.8 Å². The summed E-state index contributed by atoms with van der Waals surface area (Å²) >= 11 is 0. The molecule has 0 saturated heterocycles. The molecule has 0 aromatic carbocycles. The van der Waals surface area contributed by atoms with E-state index >= 15 is 0 Å². The molecular weight excluding hydrogens is 136 g/mol. The first-order valence-electron chi connectivity index (χ1n) is 4.28. The highest BCUT2D eigenvalue weighted by atomic mass is 16.1. The van der Waals surface area contributed by atoms with Gasteiger partial charge in [0.2, 0.25) is 0 Å². The fourth-order valence-corrected chi connectivity index (χ4v) is 1.80. The van der Waals surface area contributed by atoms with Crippen LogP contribution in [0.25, 0.3) is 0 Å². The molecule has 0 heterocycles. The summed E-state index contributed by atoms with van der Waals surface area (Å²) in [5, 5.41) is 0. The summed E-state index contributed by atoms with van der Waals surface area (Å²) in [6, 6.07) is 0. The van der Waals surface area contributed by atoms with Gasteiger partial charge >= 0.3 is 0 Å². The van der Waals surface area contributed by atoms with Crippen molar-refractivity contribution in [3.8, 4) is 0 Å². The topological polar surface area (TPSA) is 17.1 Å². The van der Waals surface area contributed by atoms with Crippen molar-refractivity contribution in [3.63, 3.8) is 0 Å². The zero-order chi connectivity index (χ0) is 8.48. The molecule has 1 aliphatic rings. The zero-order valence-corrected chi connectivity index (χ0v) is 7.39. The second kappa shape index (κ2) is 2.80. The molecule has 0 aromatic heterocycles. The van der Waals surface area contributed by atoms with Crippen molar-refractivity contribution in [2.45, 2.75) is 33.1 Å². The first kappa shape index (κ1) is 8.51. The van der Waals surface area contributed by atoms with Crippen molar-refractivity contribution in [2.24, 2.45) is 11.3 Å². The zero-order valence-electron chi connectivity index (χ0n) is 7.39. The molecule has 0 spiro atoms. The van der Waals surface area contributed by atoms with Gasteiger partial charge in [-0.15, -0.1) is 6.58 Å². The molecule has 1 aliphatic carbocycles. The fourth-order valence-electron chi connectivity index (χ4n) is 1.80. The minimum absolute atomic E-state index is 0.225. The van der Waals surface area contributed by atoms with Crippen molar-refractivity contribution in [3.05, 3.63) is 12.7 Å². The lowest BCUT2D eigenvalue weighted by atomic mass is 9.70. The minimum Gasteiger partial charge on any atom is -0.298 e. The lowest BCUT2D eigenvalue weighted by Crippen LogP contribution is -2.34. The number of allylic oxidation sites excluding steroid dienone is 1. The predicted molar refractivity (Wildman–Crippen MR) is 46.3 cm³/mol. The molecule has 1 fully saturated rings. The van der Waals surface area contributed by atoms with Gasteiger partial charge in [0.05, 0.1) is 0 Å². The van der Waals surface area contributed by atoms with E-state index in [2.05, 4.69) is 6.58 Å². The number of ketones is 1. The standard InChI is InChI=1S/C10H16O/c1-4-10(3)7-5-6-8(2)9(10)11/h4,8H,1,5-7H2,2-3H3/t8-,10-/m1/s1. The highest BCUT2D eigenvalue weighted by Gasteiger charge is 2.36. The Morgan fingerprint density at radius 2 is 2.36 bits per heavy atom. The van der Waals surface area contributed by atoms with Crippen LogP contribution in [0.15, 0.2) is 12.7 Å². The average Bonchev–Trinajstić information content (AvgIpc) is 2.00. The Morgan fingerprint density at radius 1 is 1.73 bits per heavy atom. The Morgan fingerprint density at radius 3 is 2.82 bits per heavy atom. The van der Waals surface area contributed by atoms with E-state index in [1.54, 1.807) is 0 Å². The largest absolute Gasteiger partial charge is 0.298 e. The Balaban J connectivity index is 2.80. The first-order chi connectivity index (χ1) is 5.10. The van der Waals surface area contributed by atoms with E-state index in [4.69, 9.17) is 0 Å². The van der Waals surface area contributed by atoms with Crippen LogP contribution in [0, 0.1) is 11.3 Å². The van der Waals surface area contributed by atoms with Gasteiger partial charge in [0.1, 0.15) is 5.78 Å². The van der Waals surface area contributed by atoms with Crippen LogP contribution in [-0.2, 0) is 4.79 Å². The highest BCUT2D eigenvalue weighted by Crippen LogP contribution is 2.36. The Labute approximate surface area is 68.5 Å². The molecule has 11 heavy (non-hydrogen) atoms. The molecule has 2 atom stereocenters. The quantitative estimate of drug-likeness (QED) is 0.528. The molecule has 1 nitrogen and oxygen atoms in total. The molecule has 0 amide bonds. The van der Waals surface area contributed by atoms with Crippen LogP contribution in [0.3, 0.4) is 0 Å². The van der Waals surface area contributed by atoms with Crippen LogP contribution in [-0.4, -0.2) is 5.78 Å². The molecule has 0 bridgehead atoms. The minimum atomic E-state index is -0.225. The lowest BCUT2D eigenvalue weighted by molar-refractivity contribution is -0.131. The molecule has 1 heteroatoms. The van der Waals surface area contributed by atoms with Crippen LogP contribution in [0.4, 0.5) is 0 Å². The predicted octanol–water partition coefficient (Wildman–Crippen LogP) is 2.57. The van der Waals surface area contributed by atoms with Gasteiger partial charge < -0.3 is 0 Å². The lowest BCUT2D eigenvalue weighted by Gasteiger charge is -2.32. The number of hydrogen-bond donors (Lipinski definition) is 0. The third-order valence-electron chi connectivity index (χ3n) is 2.79. The highest BCUT2D eigenvalue weighted by molar-refractivity contribution is 5.88. The van der Waals surface area contributed by atoms with E-state index in [-0.39, 0.29) is 11.3 Å². The molecule has 0 N–H and O–H groups in total. The third-order valence-corrected chi connectivity index (χ3v) is 2.79. The number of carbonyl (C=O) groups excluding carboxylic acids is 1. The molecule has 0 aromatic rings.